The molecule has 1 aliphatic heterocycles. The molecule has 0 aromatic rings. The summed E-state index contributed by atoms with van der Waals surface area (Å²) in [4.78, 5) is 23.6. The van der Waals surface area contributed by atoms with Crippen LogP contribution in [0, 0.1) is 0 Å². The van der Waals surface area contributed by atoms with E-state index in [2.05, 4.69) is 4.90 Å². The van der Waals surface area contributed by atoms with Crippen molar-refractivity contribution >= 4 is 11.9 Å². The molecule has 5 N–H and O–H groups in total. The summed E-state index contributed by atoms with van der Waals surface area (Å²) in [5, 5.41) is 36.5. The summed E-state index contributed by atoms with van der Waals surface area (Å²) in [6.45, 7) is 4.38. The van der Waals surface area contributed by atoms with Gasteiger partial charge in [0.15, 0.2) is 0 Å². The van der Waals surface area contributed by atoms with Crippen LogP contribution in [0.5, 0.6) is 0 Å². The number of carbonyl (C=O) groups is 2. The summed E-state index contributed by atoms with van der Waals surface area (Å²) in [6, 6.07) is 0.134. The monoisotopic (exact) mass is 364 g/mol. The van der Waals surface area contributed by atoms with Crippen LogP contribution in [0.1, 0.15) is 32.1 Å². The fourth-order valence-electron chi connectivity index (χ4n) is 3.70. The van der Waals surface area contributed by atoms with E-state index >= 15 is 0 Å². The fourth-order valence-corrected chi connectivity index (χ4v) is 3.70. The van der Waals surface area contributed by atoms with E-state index in [-0.39, 0.29) is 37.6 Å². The lowest BCUT2D eigenvalue weighted by molar-refractivity contribution is -0.956. The van der Waals surface area contributed by atoms with Crippen LogP contribution in [0.15, 0.2) is 0 Å². The highest BCUT2D eigenvalue weighted by atomic mass is 16.4. The number of aliphatic carboxylic acids is 2. The third-order valence-corrected chi connectivity index (χ3v) is 4.97. The van der Waals surface area contributed by atoms with Gasteiger partial charge in [0.25, 0.3) is 0 Å². The van der Waals surface area contributed by atoms with Gasteiger partial charge in [-0.1, -0.05) is 0 Å². The smallest absolute Gasteiger partial charge is 0.303 e. The molecule has 0 saturated carbocycles. The number of hydrogen-bond donors (Lipinski definition) is 4. The molecule has 1 rings (SSSR count). The summed E-state index contributed by atoms with van der Waals surface area (Å²) >= 11 is 0. The zero-order chi connectivity index (χ0) is 18.0. The van der Waals surface area contributed by atoms with Crippen molar-refractivity contribution < 1.29 is 40.0 Å². The first kappa shape index (κ1) is 23.7. The topological polar surface area (TPSA) is 148 Å². The Bertz CT molecular complexity index is 408. The molecule has 2 unspecified atom stereocenters. The lowest BCUT2D eigenvalue weighted by Crippen LogP contribution is -2.67. The zero-order valence-electron chi connectivity index (χ0n) is 14.7. The van der Waals surface area contributed by atoms with E-state index < -0.39 is 11.9 Å². The molecular formula is C16H32N2O7. The van der Waals surface area contributed by atoms with E-state index in [0.717, 1.165) is 19.6 Å². The summed E-state index contributed by atoms with van der Waals surface area (Å²) in [7, 11) is 0. The Morgan fingerprint density at radius 3 is 2.20 bits per heavy atom. The number of quaternary nitrogens is 1. The van der Waals surface area contributed by atoms with E-state index in [4.69, 9.17) is 10.2 Å². The van der Waals surface area contributed by atoms with Gasteiger partial charge >= 0.3 is 11.9 Å². The van der Waals surface area contributed by atoms with Crippen LogP contribution in [-0.4, -0.2) is 106 Å². The van der Waals surface area contributed by atoms with Crippen molar-refractivity contribution in [1.82, 2.24) is 4.90 Å². The van der Waals surface area contributed by atoms with Crippen LogP contribution >= 0.6 is 0 Å². The molecule has 0 amide bonds. The van der Waals surface area contributed by atoms with Crippen molar-refractivity contribution in [3.05, 3.63) is 0 Å². The van der Waals surface area contributed by atoms with Gasteiger partial charge in [-0.25, -0.2) is 0 Å². The van der Waals surface area contributed by atoms with Gasteiger partial charge in [0.05, 0.1) is 32.7 Å². The van der Waals surface area contributed by atoms with E-state index in [1.807, 2.05) is 0 Å². The average molecular weight is 364 g/mol. The minimum atomic E-state index is -0.817. The molecule has 25 heavy (non-hydrogen) atoms. The maximum atomic E-state index is 10.8. The molecule has 9 heteroatoms. The number of nitrogens with zero attached hydrogens (tertiary/aromatic N) is 2. The average Bonchev–Trinajstić information content (AvgIpc) is 2.50. The molecule has 0 bridgehead atoms. The Morgan fingerprint density at radius 2 is 1.64 bits per heavy atom. The second-order valence-electron chi connectivity index (χ2n) is 6.57. The van der Waals surface area contributed by atoms with Crippen molar-refractivity contribution in [2.45, 2.75) is 38.1 Å². The largest absolute Gasteiger partial charge is 0.870 e. The molecular weight excluding hydrogens is 332 g/mol. The highest BCUT2D eigenvalue weighted by Gasteiger charge is 2.40. The standard InChI is InChI=1S/C16H30N2O6.H2O/c19-11-5-14-13-17(6-1-3-15(21)22)7-9-18(14,10-12-20)8-2-4-16(23)24;/h14,19-20H,1-13H2,(H-,21,22,23,24);1H2. The number of piperazine rings is 1. The zero-order valence-corrected chi connectivity index (χ0v) is 14.7. The van der Waals surface area contributed by atoms with Crippen LogP contribution in [0.2, 0.25) is 0 Å². The third kappa shape index (κ3) is 8.10. The van der Waals surface area contributed by atoms with Gasteiger partial charge in [-0.15, -0.1) is 0 Å². The van der Waals surface area contributed by atoms with Crippen LogP contribution in [0.25, 0.3) is 0 Å². The second kappa shape index (κ2) is 12.2. The van der Waals surface area contributed by atoms with Crippen LogP contribution in [-0.2, 0) is 9.59 Å². The minimum Gasteiger partial charge on any atom is -0.870 e. The molecule has 148 valence electrons. The Kier molecular flexibility index (Phi) is 11.5. The predicted octanol–water partition coefficient (Wildman–Crippen LogP) is -0.585. The molecule has 1 saturated heterocycles. The Balaban J connectivity index is 0.00000576. The first-order valence-corrected chi connectivity index (χ1v) is 8.67. The lowest BCUT2D eigenvalue weighted by atomic mass is 10.0. The number of rotatable bonds is 12. The molecule has 9 nitrogen and oxygen atoms in total. The molecule has 0 aliphatic carbocycles. The van der Waals surface area contributed by atoms with Crippen molar-refractivity contribution in [3.8, 4) is 0 Å². The summed E-state index contributed by atoms with van der Waals surface area (Å²) in [5.74, 6) is -1.61. The van der Waals surface area contributed by atoms with Crippen LogP contribution < -0.4 is 0 Å². The van der Waals surface area contributed by atoms with Gasteiger partial charge in [-0.2, -0.15) is 0 Å². The molecule has 0 aromatic heterocycles. The fraction of sp³-hybridized carbons (Fsp3) is 0.875. The molecule has 1 fully saturated rings. The van der Waals surface area contributed by atoms with Gasteiger partial charge in [-0.05, 0) is 13.0 Å². The quantitative estimate of drug-likeness (QED) is 0.336. The maximum absolute atomic E-state index is 10.8. The normalized spacial score (nSPS) is 23.8. The molecule has 0 aromatic carbocycles. The van der Waals surface area contributed by atoms with Gasteiger partial charge in [0, 0.05) is 32.4 Å². The first-order valence-electron chi connectivity index (χ1n) is 8.67. The molecule has 1 heterocycles. The van der Waals surface area contributed by atoms with Crippen LogP contribution in [0.3, 0.4) is 0 Å². The highest BCUT2D eigenvalue weighted by molar-refractivity contribution is 5.66. The van der Waals surface area contributed by atoms with Crippen molar-refractivity contribution in [2.75, 3.05) is 52.5 Å². The van der Waals surface area contributed by atoms with E-state index in [1.54, 1.807) is 0 Å². The van der Waals surface area contributed by atoms with E-state index in [1.165, 1.54) is 0 Å². The maximum Gasteiger partial charge on any atom is 0.303 e. The van der Waals surface area contributed by atoms with Gasteiger partial charge in [0.1, 0.15) is 12.6 Å². The van der Waals surface area contributed by atoms with E-state index in [9.17, 15) is 19.8 Å². The molecule has 2 atom stereocenters. The minimum absolute atomic E-state index is 0. The van der Waals surface area contributed by atoms with Gasteiger partial charge in [-0.3, -0.25) is 14.5 Å². The molecule has 0 spiro atoms. The molecule has 0 radical (unpaired) electrons. The van der Waals surface area contributed by atoms with Gasteiger partial charge < -0.3 is 30.4 Å². The highest BCUT2D eigenvalue weighted by Crippen LogP contribution is 2.24. The molecule has 1 aliphatic rings. The van der Waals surface area contributed by atoms with Crippen molar-refractivity contribution in [1.29, 1.82) is 0 Å². The third-order valence-electron chi connectivity index (χ3n) is 4.97. The number of aliphatic hydroxyl groups is 2. The number of carboxylic acids is 2. The number of hydrogen-bond acceptors (Lipinski definition) is 6. The SMILES string of the molecule is O=C(O)CCCN1CC[N+](CCO)(CCCC(=O)O)C(CCO)C1.[OH-]. The second-order valence-corrected chi connectivity index (χ2v) is 6.57. The predicted molar refractivity (Wildman–Crippen MR) is 89.6 cm³/mol. The van der Waals surface area contributed by atoms with Crippen molar-refractivity contribution in [3.63, 3.8) is 0 Å². The first-order chi connectivity index (χ1) is 11.4. The summed E-state index contributed by atoms with van der Waals surface area (Å²) in [5.41, 5.74) is 0. The summed E-state index contributed by atoms with van der Waals surface area (Å²) < 4.78 is 0.639. The Hall–Kier alpha value is -1.26. The summed E-state index contributed by atoms with van der Waals surface area (Å²) in [6.07, 6.45) is 2.01. The Labute approximate surface area is 148 Å². The number of aliphatic hydroxyl groups excluding tert-OH is 2. The van der Waals surface area contributed by atoms with Gasteiger partial charge in [0.2, 0.25) is 0 Å². The van der Waals surface area contributed by atoms with Crippen molar-refractivity contribution in [2.24, 2.45) is 0 Å². The Morgan fingerprint density at radius 1 is 1.00 bits per heavy atom. The van der Waals surface area contributed by atoms with Crippen LogP contribution in [0.4, 0.5) is 0 Å². The van der Waals surface area contributed by atoms with E-state index in [0.29, 0.717) is 43.4 Å². The number of carboxylic acid groups (broad SMARTS) is 2. The lowest BCUT2D eigenvalue weighted by Gasteiger charge is -2.50.